The average Bonchev–Trinajstić information content (AvgIpc) is 2.25. The minimum atomic E-state index is 1.02. The second kappa shape index (κ2) is 4.45. The second-order valence-corrected chi connectivity index (χ2v) is 3.89. The molecule has 1 aromatic carbocycles. The molecule has 2 nitrogen and oxygen atoms in total. The SMILES string of the molecule is Bc1cnc2ccc(CCNC)cc2c1. The second-order valence-electron chi connectivity index (χ2n) is 3.89. The van der Waals surface area contributed by atoms with Gasteiger partial charge in [-0.2, -0.15) is 0 Å². The molecule has 0 radical (unpaired) electrons. The lowest BCUT2D eigenvalue weighted by molar-refractivity contribution is 0.792. The molecule has 15 heavy (non-hydrogen) atoms. The molecule has 0 bridgehead atoms. The van der Waals surface area contributed by atoms with Gasteiger partial charge in [0, 0.05) is 6.20 Å². The molecule has 1 heterocycles. The van der Waals surface area contributed by atoms with Crippen LogP contribution in [0.25, 0.3) is 10.9 Å². The first-order valence-corrected chi connectivity index (χ1v) is 5.29. The first kappa shape index (κ1) is 10.2. The number of aromatic nitrogens is 1. The van der Waals surface area contributed by atoms with Crippen molar-refractivity contribution in [3.63, 3.8) is 0 Å². The fourth-order valence-corrected chi connectivity index (χ4v) is 1.72. The number of nitrogens with one attached hydrogen (secondary N) is 1. The molecule has 3 heteroatoms. The van der Waals surface area contributed by atoms with E-state index in [1.807, 2.05) is 13.2 Å². The Hall–Kier alpha value is -1.35. The van der Waals surface area contributed by atoms with Gasteiger partial charge in [-0.3, -0.25) is 4.98 Å². The summed E-state index contributed by atoms with van der Waals surface area (Å²) in [7, 11) is 4.06. The Morgan fingerprint density at radius 1 is 1.33 bits per heavy atom. The number of benzene rings is 1. The quantitative estimate of drug-likeness (QED) is 0.715. The molecule has 0 aliphatic heterocycles. The number of hydrogen-bond donors (Lipinski definition) is 1. The fraction of sp³-hybridized carbons (Fsp3) is 0.250. The van der Waals surface area contributed by atoms with Crippen LogP contribution in [0.3, 0.4) is 0 Å². The summed E-state index contributed by atoms with van der Waals surface area (Å²) in [6.07, 6.45) is 2.98. The van der Waals surface area contributed by atoms with Crippen LogP contribution in [0.5, 0.6) is 0 Å². The van der Waals surface area contributed by atoms with Crippen LogP contribution in [-0.4, -0.2) is 26.4 Å². The Labute approximate surface area is 91.1 Å². The largest absolute Gasteiger partial charge is 0.319 e. The van der Waals surface area contributed by atoms with Gasteiger partial charge in [-0.05, 0) is 43.1 Å². The van der Waals surface area contributed by atoms with Gasteiger partial charge in [0.2, 0.25) is 0 Å². The molecule has 0 fully saturated rings. The molecule has 2 rings (SSSR count). The summed E-state index contributed by atoms with van der Waals surface area (Å²) in [5.74, 6) is 0. The zero-order chi connectivity index (χ0) is 10.7. The Bertz CT molecular complexity index is 468. The Morgan fingerprint density at radius 2 is 2.20 bits per heavy atom. The molecule has 0 saturated carbocycles. The van der Waals surface area contributed by atoms with Crippen LogP contribution in [0.1, 0.15) is 5.56 Å². The van der Waals surface area contributed by atoms with Gasteiger partial charge in [-0.15, -0.1) is 0 Å². The van der Waals surface area contributed by atoms with Crippen LogP contribution in [0.15, 0.2) is 30.5 Å². The summed E-state index contributed by atoms with van der Waals surface area (Å²) in [6.45, 7) is 1.02. The highest BCUT2D eigenvalue weighted by atomic mass is 14.8. The zero-order valence-corrected chi connectivity index (χ0v) is 9.25. The van der Waals surface area contributed by atoms with E-state index in [4.69, 9.17) is 0 Å². The lowest BCUT2D eigenvalue weighted by Gasteiger charge is -2.03. The molecule has 0 spiro atoms. The molecule has 0 atom stereocenters. The molecular formula is C12H15BN2. The topological polar surface area (TPSA) is 24.9 Å². The Kier molecular flexibility index (Phi) is 3.02. The minimum Gasteiger partial charge on any atom is -0.319 e. The number of likely N-dealkylation sites (N-methyl/N-ethyl adjacent to an activating group) is 1. The maximum Gasteiger partial charge on any atom is 0.141 e. The van der Waals surface area contributed by atoms with Gasteiger partial charge >= 0.3 is 0 Å². The molecule has 1 N–H and O–H groups in total. The van der Waals surface area contributed by atoms with E-state index < -0.39 is 0 Å². The van der Waals surface area contributed by atoms with Gasteiger partial charge in [0.25, 0.3) is 0 Å². The summed E-state index contributed by atoms with van der Waals surface area (Å²) in [4.78, 5) is 4.39. The summed E-state index contributed by atoms with van der Waals surface area (Å²) in [5.41, 5.74) is 3.66. The molecule has 0 saturated heterocycles. The maximum absolute atomic E-state index is 4.39. The normalized spacial score (nSPS) is 10.7. The van der Waals surface area contributed by atoms with E-state index in [0.29, 0.717) is 0 Å². The van der Waals surface area contributed by atoms with Gasteiger partial charge in [-0.25, -0.2) is 0 Å². The van der Waals surface area contributed by atoms with Crippen LogP contribution in [0.2, 0.25) is 0 Å². The molecule has 0 unspecified atom stereocenters. The molecule has 0 aliphatic rings. The van der Waals surface area contributed by atoms with E-state index >= 15 is 0 Å². The number of nitrogens with zero attached hydrogens (tertiary/aromatic N) is 1. The van der Waals surface area contributed by atoms with Crippen molar-refractivity contribution in [1.29, 1.82) is 0 Å². The predicted octanol–water partition coefficient (Wildman–Crippen LogP) is 0.255. The molecule has 2 aromatic rings. The predicted molar refractivity (Wildman–Crippen MR) is 67.6 cm³/mol. The third-order valence-corrected chi connectivity index (χ3v) is 2.55. The van der Waals surface area contributed by atoms with E-state index in [0.717, 1.165) is 18.5 Å². The van der Waals surface area contributed by atoms with Gasteiger partial charge < -0.3 is 5.32 Å². The first-order valence-electron chi connectivity index (χ1n) is 5.29. The number of fused-ring (bicyclic) bond motifs is 1. The van der Waals surface area contributed by atoms with Gasteiger partial charge in [0.15, 0.2) is 0 Å². The summed E-state index contributed by atoms with van der Waals surface area (Å²) < 4.78 is 0. The molecular weight excluding hydrogens is 183 g/mol. The highest BCUT2D eigenvalue weighted by Gasteiger charge is 1.97. The summed E-state index contributed by atoms with van der Waals surface area (Å²) in [6, 6.07) is 8.67. The third-order valence-electron chi connectivity index (χ3n) is 2.55. The van der Waals surface area contributed by atoms with E-state index in [-0.39, 0.29) is 0 Å². The van der Waals surface area contributed by atoms with Gasteiger partial charge in [0.05, 0.1) is 5.52 Å². The number of hydrogen-bond acceptors (Lipinski definition) is 2. The maximum atomic E-state index is 4.39. The van der Waals surface area contributed by atoms with Gasteiger partial charge in [-0.1, -0.05) is 17.6 Å². The van der Waals surface area contributed by atoms with E-state index in [1.54, 1.807) is 0 Å². The highest BCUT2D eigenvalue weighted by molar-refractivity contribution is 6.32. The molecule has 1 aromatic heterocycles. The average molecular weight is 198 g/mol. The molecule has 76 valence electrons. The zero-order valence-electron chi connectivity index (χ0n) is 9.25. The van der Waals surface area contributed by atoms with Crippen molar-refractivity contribution in [2.24, 2.45) is 0 Å². The van der Waals surface area contributed by atoms with Crippen molar-refractivity contribution in [2.45, 2.75) is 6.42 Å². The highest BCUT2D eigenvalue weighted by Crippen LogP contribution is 2.12. The number of rotatable bonds is 3. The van der Waals surface area contributed by atoms with Crippen molar-refractivity contribution >= 4 is 24.2 Å². The van der Waals surface area contributed by atoms with Crippen LogP contribution >= 0.6 is 0 Å². The smallest absolute Gasteiger partial charge is 0.141 e. The summed E-state index contributed by atoms with van der Waals surface area (Å²) >= 11 is 0. The van der Waals surface area contributed by atoms with Gasteiger partial charge in [0.1, 0.15) is 7.85 Å². The van der Waals surface area contributed by atoms with E-state index in [2.05, 4.69) is 42.4 Å². The number of pyridine rings is 1. The molecule has 0 amide bonds. The third kappa shape index (κ3) is 2.36. The van der Waals surface area contributed by atoms with Crippen LogP contribution in [0, 0.1) is 0 Å². The Morgan fingerprint density at radius 3 is 3.00 bits per heavy atom. The lowest BCUT2D eigenvalue weighted by atomic mass is 9.96. The van der Waals surface area contributed by atoms with Crippen LogP contribution < -0.4 is 10.8 Å². The Balaban J connectivity index is 2.36. The standard InChI is InChI=1S/C12H15BN2/c1-14-5-4-9-2-3-12-10(6-9)7-11(13)8-15-12/h2-3,6-8,14H,4-5,13H2,1H3. The van der Waals surface area contributed by atoms with Crippen LogP contribution in [-0.2, 0) is 6.42 Å². The van der Waals surface area contributed by atoms with Crippen molar-refractivity contribution < 1.29 is 0 Å². The monoisotopic (exact) mass is 198 g/mol. The lowest BCUT2D eigenvalue weighted by Crippen LogP contribution is -2.10. The minimum absolute atomic E-state index is 1.02. The first-order chi connectivity index (χ1) is 7.29. The van der Waals surface area contributed by atoms with Crippen LogP contribution in [0.4, 0.5) is 0 Å². The summed E-state index contributed by atoms with van der Waals surface area (Å²) in [5, 5.41) is 4.40. The van der Waals surface area contributed by atoms with Crippen molar-refractivity contribution in [3.05, 3.63) is 36.0 Å². The van der Waals surface area contributed by atoms with Crippen molar-refractivity contribution in [2.75, 3.05) is 13.6 Å². The fourth-order valence-electron chi connectivity index (χ4n) is 1.72. The van der Waals surface area contributed by atoms with Crippen molar-refractivity contribution in [3.8, 4) is 0 Å². The van der Waals surface area contributed by atoms with E-state index in [1.165, 1.54) is 16.4 Å². The molecule has 0 aliphatic carbocycles. The van der Waals surface area contributed by atoms with Crippen molar-refractivity contribution in [1.82, 2.24) is 10.3 Å². The van der Waals surface area contributed by atoms with E-state index in [9.17, 15) is 0 Å².